The van der Waals surface area contributed by atoms with E-state index in [0.717, 1.165) is 4.47 Å². The molecule has 1 aliphatic rings. The lowest BCUT2D eigenvalue weighted by Gasteiger charge is -2.45. The molecule has 18 heavy (non-hydrogen) atoms. The summed E-state index contributed by atoms with van der Waals surface area (Å²) in [7, 11) is 0. The Balaban J connectivity index is 2.37. The van der Waals surface area contributed by atoms with Gasteiger partial charge in [-0.25, -0.2) is 4.39 Å². The Kier molecular flexibility index (Phi) is 3.70. The summed E-state index contributed by atoms with van der Waals surface area (Å²) in [5.74, 6) is -1.38. The molecule has 2 rings (SSSR count). The van der Waals surface area contributed by atoms with E-state index in [0.29, 0.717) is 5.56 Å². The molecule has 1 atom stereocenters. The lowest BCUT2D eigenvalue weighted by Crippen LogP contribution is -2.59. The molecule has 1 aliphatic heterocycles. The van der Waals surface area contributed by atoms with Crippen molar-refractivity contribution in [1.82, 2.24) is 0 Å². The molecule has 1 heterocycles. The van der Waals surface area contributed by atoms with Crippen LogP contribution in [0.15, 0.2) is 22.7 Å². The Bertz CT molecular complexity index is 476. The summed E-state index contributed by atoms with van der Waals surface area (Å²) in [5, 5.41) is 8.81. The molecule has 1 aromatic carbocycles. The number of ether oxygens (including phenoxy) is 1. The molecule has 1 unspecified atom stereocenters. The highest BCUT2D eigenvalue weighted by molar-refractivity contribution is 9.10. The maximum atomic E-state index is 13.9. The van der Waals surface area contributed by atoms with Crippen LogP contribution in [-0.4, -0.2) is 30.3 Å². The number of benzene rings is 1. The molecule has 0 spiro atoms. The fourth-order valence-electron chi connectivity index (χ4n) is 2.15. The molecule has 0 saturated carbocycles. The van der Waals surface area contributed by atoms with Gasteiger partial charge in [0.05, 0.1) is 25.0 Å². The number of aliphatic carboxylic acids is 1. The molecule has 0 aromatic heterocycles. The van der Waals surface area contributed by atoms with Gasteiger partial charge < -0.3 is 15.6 Å². The Morgan fingerprint density at radius 2 is 2.28 bits per heavy atom. The zero-order valence-electron chi connectivity index (χ0n) is 9.53. The molecule has 0 amide bonds. The Morgan fingerprint density at radius 1 is 1.61 bits per heavy atom. The number of carbonyl (C=O) groups is 1. The molecule has 1 aromatic rings. The number of halogens is 2. The van der Waals surface area contributed by atoms with Gasteiger partial charge in [0.15, 0.2) is 0 Å². The first kappa shape index (κ1) is 13.5. The Labute approximate surface area is 112 Å². The van der Waals surface area contributed by atoms with Crippen LogP contribution in [0, 0.1) is 5.82 Å². The monoisotopic (exact) mass is 317 g/mol. The third-order valence-corrected chi connectivity index (χ3v) is 3.78. The van der Waals surface area contributed by atoms with Gasteiger partial charge in [-0.2, -0.15) is 0 Å². The zero-order chi connectivity index (χ0) is 13.3. The third-order valence-electron chi connectivity index (χ3n) is 3.29. The van der Waals surface area contributed by atoms with Crippen molar-refractivity contribution < 1.29 is 19.0 Å². The smallest absolute Gasteiger partial charge is 0.304 e. The molecular weight excluding hydrogens is 305 g/mol. The minimum absolute atomic E-state index is 0.213. The van der Waals surface area contributed by atoms with Gasteiger partial charge in [-0.05, 0) is 18.2 Å². The van der Waals surface area contributed by atoms with Crippen molar-refractivity contribution >= 4 is 21.9 Å². The van der Waals surface area contributed by atoms with Gasteiger partial charge in [-0.15, -0.1) is 0 Å². The van der Waals surface area contributed by atoms with Crippen molar-refractivity contribution in [2.45, 2.75) is 17.9 Å². The van der Waals surface area contributed by atoms with Crippen LogP contribution in [0.4, 0.5) is 4.39 Å². The zero-order valence-corrected chi connectivity index (χ0v) is 11.1. The molecular formula is C12H13BrFNO3. The normalized spacial score (nSPS) is 19.1. The minimum atomic E-state index is -0.996. The fraction of sp³-hybridized carbons (Fsp3) is 0.417. The van der Waals surface area contributed by atoms with Crippen LogP contribution in [0.2, 0.25) is 0 Å². The summed E-state index contributed by atoms with van der Waals surface area (Å²) in [4.78, 5) is 10.8. The van der Waals surface area contributed by atoms with Gasteiger partial charge in [0.25, 0.3) is 0 Å². The Hall–Kier alpha value is -0.980. The second kappa shape index (κ2) is 4.95. The number of carboxylic acid groups (broad SMARTS) is 1. The van der Waals surface area contributed by atoms with E-state index in [1.54, 1.807) is 12.1 Å². The third kappa shape index (κ3) is 2.28. The Morgan fingerprint density at radius 3 is 2.78 bits per heavy atom. The van der Waals surface area contributed by atoms with Crippen molar-refractivity contribution in [3.05, 3.63) is 34.1 Å². The van der Waals surface area contributed by atoms with E-state index in [-0.39, 0.29) is 25.5 Å². The molecule has 1 saturated heterocycles. The van der Waals surface area contributed by atoms with Crippen molar-refractivity contribution in [2.75, 3.05) is 13.2 Å². The van der Waals surface area contributed by atoms with Gasteiger partial charge in [-0.1, -0.05) is 15.9 Å². The van der Waals surface area contributed by atoms with Gasteiger partial charge in [-0.3, -0.25) is 4.79 Å². The highest BCUT2D eigenvalue weighted by atomic mass is 79.9. The molecule has 6 heteroatoms. The van der Waals surface area contributed by atoms with Crippen LogP contribution < -0.4 is 5.73 Å². The van der Waals surface area contributed by atoms with Gasteiger partial charge >= 0.3 is 5.97 Å². The van der Waals surface area contributed by atoms with E-state index in [9.17, 15) is 9.18 Å². The summed E-state index contributed by atoms with van der Waals surface area (Å²) in [6.07, 6.45) is -0.213. The van der Waals surface area contributed by atoms with Crippen molar-refractivity contribution in [3.63, 3.8) is 0 Å². The molecule has 1 fully saturated rings. The molecule has 3 N–H and O–H groups in total. The highest BCUT2D eigenvalue weighted by Crippen LogP contribution is 2.38. The number of hydrogen-bond donors (Lipinski definition) is 2. The predicted molar refractivity (Wildman–Crippen MR) is 66.8 cm³/mol. The first-order chi connectivity index (χ1) is 8.45. The first-order valence-electron chi connectivity index (χ1n) is 5.46. The fourth-order valence-corrected chi connectivity index (χ4v) is 2.51. The molecule has 4 nitrogen and oxygen atoms in total. The van der Waals surface area contributed by atoms with Crippen LogP contribution in [0.3, 0.4) is 0 Å². The van der Waals surface area contributed by atoms with E-state index in [2.05, 4.69) is 15.9 Å². The number of rotatable bonds is 4. The van der Waals surface area contributed by atoms with Crippen LogP contribution in [0.5, 0.6) is 0 Å². The standard InChI is InChI=1S/C12H13BrFNO3/c13-7-1-2-9(14)8(3-7)12(5-18-6-12)10(15)4-11(16)17/h1-3,10H,4-6,15H2,(H,16,17). The molecule has 0 bridgehead atoms. The lowest BCUT2D eigenvalue weighted by atomic mass is 9.71. The topological polar surface area (TPSA) is 72.6 Å². The summed E-state index contributed by atoms with van der Waals surface area (Å²) < 4.78 is 19.8. The summed E-state index contributed by atoms with van der Waals surface area (Å²) in [6.45, 7) is 0.490. The maximum Gasteiger partial charge on any atom is 0.304 e. The number of nitrogens with two attached hydrogens (primary N) is 1. The van der Waals surface area contributed by atoms with Gasteiger partial charge in [0.2, 0.25) is 0 Å². The van der Waals surface area contributed by atoms with E-state index in [4.69, 9.17) is 15.6 Å². The van der Waals surface area contributed by atoms with Gasteiger partial charge in [0, 0.05) is 16.1 Å². The van der Waals surface area contributed by atoms with Crippen LogP contribution in [0.1, 0.15) is 12.0 Å². The first-order valence-corrected chi connectivity index (χ1v) is 6.25. The molecule has 98 valence electrons. The van der Waals surface area contributed by atoms with E-state index < -0.39 is 17.4 Å². The maximum absolute atomic E-state index is 13.9. The highest BCUT2D eigenvalue weighted by Gasteiger charge is 2.47. The van der Waals surface area contributed by atoms with Crippen molar-refractivity contribution in [3.8, 4) is 0 Å². The molecule has 0 aliphatic carbocycles. The SMILES string of the molecule is NC(CC(=O)O)C1(c2cc(Br)ccc2F)COC1. The lowest BCUT2D eigenvalue weighted by molar-refractivity contribution is -0.140. The summed E-state index contributed by atoms with van der Waals surface area (Å²) in [6, 6.07) is 3.90. The van der Waals surface area contributed by atoms with Crippen molar-refractivity contribution in [2.24, 2.45) is 5.73 Å². The average molecular weight is 318 g/mol. The van der Waals surface area contributed by atoms with Crippen LogP contribution in [0.25, 0.3) is 0 Å². The second-order valence-corrected chi connectivity index (χ2v) is 5.39. The number of hydrogen-bond acceptors (Lipinski definition) is 3. The predicted octanol–water partition coefficient (Wildman–Crippen LogP) is 1.66. The second-order valence-electron chi connectivity index (χ2n) is 4.48. The minimum Gasteiger partial charge on any atom is -0.481 e. The van der Waals surface area contributed by atoms with Crippen LogP contribution in [-0.2, 0) is 14.9 Å². The quantitative estimate of drug-likeness (QED) is 0.885. The van der Waals surface area contributed by atoms with E-state index in [1.165, 1.54) is 6.07 Å². The summed E-state index contributed by atoms with van der Waals surface area (Å²) >= 11 is 3.28. The van der Waals surface area contributed by atoms with Crippen molar-refractivity contribution in [1.29, 1.82) is 0 Å². The van der Waals surface area contributed by atoms with Crippen LogP contribution >= 0.6 is 15.9 Å². The average Bonchev–Trinajstić information content (AvgIpc) is 2.20. The number of carboxylic acids is 1. The molecule has 0 radical (unpaired) electrons. The van der Waals surface area contributed by atoms with Gasteiger partial charge in [0.1, 0.15) is 5.82 Å². The van der Waals surface area contributed by atoms with E-state index >= 15 is 0 Å². The van der Waals surface area contributed by atoms with E-state index in [1.807, 2.05) is 0 Å². The summed E-state index contributed by atoms with van der Waals surface area (Å²) in [5.41, 5.74) is 5.59. The largest absolute Gasteiger partial charge is 0.481 e.